The van der Waals surface area contributed by atoms with Crippen LogP contribution in [0.25, 0.3) is 0 Å². The van der Waals surface area contributed by atoms with Crippen LogP contribution in [0.3, 0.4) is 0 Å². The number of nitrogens with zero attached hydrogens (tertiary/aromatic N) is 1. The van der Waals surface area contributed by atoms with Crippen molar-refractivity contribution in [3.63, 3.8) is 0 Å². The molecule has 1 fully saturated rings. The van der Waals surface area contributed by atoms with Crippen LogP contribution in [0.1, 0.15) is 39.0 Å². The summed E-state index contributed by atoms with van der Waals surface area (Å²) in [5, 5.41) is 0. The average molecular weight is 283 g/mol. The van der Waals surface area contributed by atoms with Gasteiger partial charge in [-0.15, -0.1) is 0 Å². The maximum Gasteiger partial charge on any atom is 0.495 e. The predicted molar refractivity (Wildman–Crippen MR) is 74.4 cm³/mol. The third-order valence-electron chi connectivity index (χ3n) is 4.17. The number of pyridine rings is 1. The first-order valence-electron chi connectivity index (χ1n) is 6.72. The molecule has 1 saturated heterocycles. The molecule has 0 aromatic carbocycles. The van der Waals surface area contributed by atoms with E-state index in [4.69, 9.17) is 9.31 Å². The monoisotopic (exact) mass is 283 g/mol. The molecule has 20 heavy (non-hydrogen) atoms. The van der Waals surface area contributed by atoms with Crippen LogP contribution in [0.5, 0.6) is 0 Å². The van der Waals surface area contributed by atoms with Crippen LogP contribution < -0.4 is 5.46 Å². The number of aryl methyl sites for hydroxylation is 1. The second-order valence-electron chi connectivity index (χ2n) is 6.15. The van der Waals surface area contributed by atoms with Gasteiger partial charge in [0.1, 0.15) is 0 Å². The van der Waals surface area contributed by atoms with E-state index in [1.807, 2.05) is 27.7 Å². The summed E-state index contributed by atoms with van der Waals surface area (Å²) in [6.07, 6.45) is -1.15. The minimum atomic E-state index is -2.42. The molecule has 1 aliphatic rings. The van der Waals surface area contributed by atoms with Gasteiger partial charge >= 0.3 is 7.12 Å². The number of alkyl halides is 2. The summed E-state index contributed by atoms with van der Waals surface area (Å²) in [7, 11) is -0.629. The number of aromatic nitrogens is 1. The molecular weight excluding hydrogens is 263 g/mol. The Bertz CT molecular complexity index is 490. The fourth-order valence-electron chi connectivity index (χ4n) is 2.23. The summed E-state index contributed by atoms with van der Waals surface area (Å²) in [6.45, 7) is 9.48. The first kappa shape index (κ1) is 15.4. The molecule has 2 rings (SSSR count). The van der Waals surface area contributed by atoms with E-state index in [9.17, 15) is 8.78 Å². The Kier molecular flexibility index (Phi) is 3.91. The van der Waals surface area contributed by atoms with Crippen molar-refractivity contribution in [2.75, 3.05) is 0 Å². The van der Waals surface area contributed by atoms with E-state index < -0.39 is 24.7 Å². The van der Waals surface area contributed by atoms with Crippen LogP contribution in [0.4, 0.5) is 8.78 Å². The topological polar surface area (TPSA) is 31.4 Å². The van der Waals surface area contributed by atoms with E-state index in [1.165, 1.54) is 0 Å². The van der Waals surface area contributed by atoms with Crippen LogP contribution in [-0.4, -0.2) is 29.7 Å². The van der Waals surface area contributed by atoms with Crippen molar-refractivity contribution in [2.24, 2.45) is 0 Å². The molecule has 0 N–H and O–H groups in total. The highest BCUT2D eigenvalue weighted by atomic mass is 19.3. The van der Waals surface area contributed by atoms with E-state index >= 15 is 0 Å². The zero-order valence-electron chi connectivity index (χ0n) is 12.5. The van der Waals surface area contributed by atoms with Gasteiger partial charge in [-0.2, -0.15) is 0 Å². The van der Waals surface area contributed by atoms with Crippen molar-refractivity contribution < 1.29 is 18.1 Å². The Morgan fingerprint density at radius 3 is 2.25 bits per heavy atom. The third-order valence-corrected chi connectivity index (χ3v) is 4.17. The fraction of sp³-hybridized carbons (Fsp3) is 0.643. The molecule has 0 saturated carbocycles. The fourth-order valence-corrected chi connectivity index (χ4v) is 2.23. The van der Waals surface area contributed by atoms with Crippen LogP contribution in [0.15, 0.2) is 12.3 Å². The molecule has 0 bridgehead atoms. The Balaban J connectivity index is 2.37. The molecule has 0 spiro atoms. The van der Waals surface area contributed by atoms with Crippen molar-refractivity contribution in [2.45, 2.75) is 58.7 Å². The molecule has 1 aromatic heterocycles. The second-order valence-corrected chi connectivity index (χ2v) is 6.15. The van der Waals surface area contributed by atoms with E-state index in [2.05, 4.69) is 4.98 Å². The highest BCUT2D eigenvalue weighted by Gasteiger charge is 2.52. The number of rotatable bonds is 3. The summed E-state index contributed by atoms with van der Waals surface area (Å²) in [4.78, 5) is 4.09. The first-order valence-corrected chi connectivity index (χ1v) is 6.72. The van der Waals surface area contributed by atoms with Crippen molar-refractivity contribution in [3.05, 3.63) is 23.5 Å². The lowest BCUT2D eigenvalue weighted by Gasteiger charge is -2.32. The maximum atomic E-state index is 12.8. The third kappa shape index (κ3) is 2.72. The van der Waals surface area contributed by atoms with Crippen molar-refractivity contribution in [3.8, 4) is 0 Å². The molecule has 1 aromatic rings. The van der Waals surface area contributed by atoms with Crippen LogP contribution in [0, 0.1) is 6.92 Å². The minimum Gasteiger partial charge on any atom is -0.399 e. The van der Waals surface area contributed by atoms with Crippen LogP contribution in [-0.2, 0) is 15.7 Å². The van der Waals surface area contributed by atoms with Gasteiger partial charge in [0.25, 0.3) is 0 Å². The Labute approximate surface area is 118 Å². The highest BCUT2D eigenvalue weighted by Crippen LogP contribution is 2.36. The van der Waals surface area contributed by atoms with Gasteiger partial charge in [-0.05, 0) is 51.7 Å². The standard InChI is InChI=1S/C14H20BF2NO2/c1-9-10(8-12(16)17)11(6-7-18-9)15-19-13(2,3)14(4,5)20-15/h6-7,12H,8H2,1-5H3. The lowest BCUT2D eigenvalue weighted by Crippen LogP contribution is -2.41. The number of hydrogen-bond donors (Lipinski definition) is 0. The molecule has 2 heterocycles. The number of halogens is 2. The van der Waals surface area contributed by atoms with Crippen LogP contribution in [0.2, 0.25) is 0 Å². The molecule has 0 radical (unpaired) electrons. The molecular formula is C14H20BF2NO2. The Morgan fingerprint density at radius 1 is 1.20 bits per heavy atom. The molecule has 0 amide bonds. The summed E-state index contributed by atoms with van der Waals surface area (Å²) in [6, 6.07) is 1.70. The van der Waals surface area contributed by atoms with Gasteiger partial charge < -0.3 is 9.31 Å². The Morgan fingerprint density at radius 2 is 1.75 bits per heavy atom. The predicted octanol–water partition coefficient (Wildman–Crippen LogP) is 2.50. The SMILES string of the molecule is Cc1nccc(B2OC(C)(C)C(C)(C)O2)c1CC(F)F. The van der Waals surface area contributed by atoms with Crippen molar-refractivity contribution in [1.29, 1.82) is 0 Å². The Hall–Kier alpha value is -1.01. The number of hydrogen-bond acceptors (Lipinski definition) is 3. The quantitative estimate of drug-likeness (QED) is 0.799. The minimum absolute atomic E-state index is 0.334. The van der Waals surface area contributed by atoms with Crippen LogP contribution >= 0.6 is 0 Å². The normalized spacial score (nSPS) is 20.7. The lowest BCUT2D eigenvalue weighted by molar-refractivity contribution is 0.00578. The molecule has 110 valence electrons. The molecule has 1 aliphatic heterocycles. The van der Waals surface area contributed by atoms with Crippen molar-refractivity contribution >= 4 is 12.6 Å². The van der Waals surface area contributed by atoms with Gasteiger partial charge in [0.15, 0.2) is 0 Å². The molecule has 0 atom stereocenters. The molecule has 0 aliphatic carbocycles. The van der Waals surface area contributed by atoms with Gasteiger partial charge in [-0.3, -0.25) is 4.98 Å². The summed E-state index contributed by atoms with van der Waals surface area (Å²) >= 11 is 0. The lowest BCUT2D eigenvalue weighted by atomic mass is 9.75. The summed E-state index contributed by atoms with van der Waals surface area (Å²) < 4.78 is 37.4. The van der Waals surface area contributed by atoms with Gasteiger partial charge in [-0.1, -0.05) is 0 Å². The van der Waals surface area contributed by atoms with E-state index in [1.54, 1.807) is 19.2 Å². The van der Waals surface area contributed by atoms with Gasteiger partial charge in [0.2, 0.25) is 6.43 Å². The maximum absolute atomic E-state index is 12.8. The second kappa shape index (κ2) is 5.08. The van der Waals surface area contributed by atoms with E-state index in [0.29, 0.717) is 16.7 Å². The van der Waals surface area contributed by atoms with E-state index in [0.717, 1.165) is 0 Å². The summed E-state index contributed by atoms with van der Waals surface area (Å²) in [5.74, 6) is 0. The zero-order valence-corrected chi connectivity index (χ0v) is 12.5. The highest BCUT2D eigenvalue weighted by molar-refractivity contribution is 6.62. The largest absolute Gasteiger partial charge is 0.495 e. The first-order chi connectivity index (χ1) is 9.14. The molecule has 6 heteroatoms. The zero-order chi connectivity index (χ0) is 15.1. The smallest absolute Gasteiger partial charge is 0.399 e. The summed E-state index contributed by atoms with van der Waals surface area (Å²) in [5.41, 5.74) is 0.781. The molecule has 3 nitrogen and oxygen atoms in total. The van der Waals surface area contributed by atoms with E-state index in [-0.39, 0.29) is 6.42 Å². The molecule has 0 unspecified atom stereocenters. The van der Waals surface area contributed by atoms with Crippen molar-refractivity contribution in [1.82, 2.24) is 4.98 Å². The van der Waals surface area contributed by atoms with Gasteiger partial charge in [-0.25, -0.2) is 8.78 Å². The van der Waals surface area contributed by atoms with Gasteiger partial charge in [0.05, 0.1) is 11.2 Å². The van der Waals surface area contributed by atoms with Gasteiger partial charge in [0, 0.05) is 18.3 Å². The average Bonchev–Trinajstić information content (AvgIpc) is 2.50.